The highest BCUT2D eigenvalue weighted by molar-refractivity contribution is 7.99. The largest absolute Gasteiger partial charge is 0.465 e. The molecule has 0 amide bonds. The molecule has 6 nitrogen and oxygen atoms in total. The molecule has 132 valence electrons. The van der Waals surface area contributed by atoms with Crippen LogP contribution in [0.25, 0.3) is 11.1 Å². The van der Waals surface area contributed by atoms with Crippen molar-refractivity contribution in [2.75, 3.05) is 18.1 Å². The molecule has 0 unspecified atom stereocenters. The Hall–Kier alpha value is -2.74. The van der Waals surface area contributed by atoms with Gasteiger partial charge in [-0.05, 0) is 12.5 Å². The van der Waals surface area contributed by atoms with E-state index in [1.165, 1.54) is 0 Å². The Kier molecular flexibility index (Phi) is 6.85. The number of rotatable bonds is 6. The molecule has 1 aromatic carbocycles. The number of ether oxygens (including phenoxy) is 1. The molecule has 0 fully saturated rings. The lowest BCUT2D eigenvalue weighted by Gasteiger charge is -2.13. The van der Waals surface area contributed by atoms with Crippen LogP contribution in [0.5, 0.6) is 0 Å². The minimum atomic E-state index is -0.412. The zero-order valence-corrected chi connectivity index (χ0v) is 15.5. The van der Waals surface area contributed by atoms with E-state index in [4.69, 9.17) is 22.1 Å². The molecule has 2 aromatic rings. The summed E-state index contributed by atoms with van der Waals surface area (Å²) >= 11 is 7.28. The van der Waals surface area contributed by atoms with Crippen LogP contribution in [-0.2, 0) is 9.53 Å². The number of nitrogens with zero attached hydrogens (tertiary/aromatic N) is 3. The van der Waals surface area contributed by atoms with Gasteiger partial charge in [0.05, 0.1) is 17.9 Å². The van der Waals surface area contributed by atoms with Gasteiger partial charge in [0.1, 0.15) is 28.5 Å². The molecule has 0 bridgehead atoms. The lowest BCUT2D eigenvalue weighted by molar-refractivity contribution is -0.140. The van der Waals surface area contributed by atoms with Gasteiger partial charge in [-0.25, -0.2) is 4.98 Å². The maximum Gasteiger partial charge on any atom is 0.316 e. The number of benzene rings is 1. The summed E-state index contributed by atoms with van der Waals surface area (Å²) in [6.45, 7) is 2.23. The molecule has 0 atom stereocenters. The van der Waals surface area contributed by atoms with Gasteiger partial charge in [-0.3, -0.25) is 4.79 Å². The number of anilines is 1. The number of hydrogen-bond donors (Lipinski definition) is 1. The molecule has 0 aliphatic heterocycles. The molecule has 0 radical (unpaired) electrons. The van der Waals surface area contributed by atoms with E-state index >= 15 is 0 Å². The number of nitrogen functional groups attached to an aromatic ring is 1. The third-order valence-corrected chi connectivity index (χ3v) is 4.63. The van der Waals surface area contributed by atoms with E-state index in [0.29, 0.717) is 22.8 Å². The molecule has 0 aliphatic carbocycles. The van der Waals surface area contributed by atoms with Gasteiger partial charge in [-0.2, -0.15) is 10.5 Å². The number of pyridine rings is 1. The molecule has 1 aromatic heterocycles. The van der Waals surface area contributed by atoms with Gasteiger partial charge < -0.3 is 10.5 Å². The minimum Gasteiger partial charge on any atom is -0.465 e. The van der Waals surface area contributed by atoms with Crippen molar-refractivity contribution in [3.63, 3.8) is 0 Å². The first-order valence-electron chi connectivity index (χ1n) is 7.70. The molecule has 0 spiro atoms. The lowest BCUT2D eigenvalue weighted by atomic mass is 9.97. The zero-order valence-electron chi connectivity index (χ0n) is 14.0. The second-order valence-corrected chi connectivity index (χ2v) is 6.51. The Morgan fingerprint density at radius 1 is 1.31 bits per heavy atom. The fraction of sp³-hybridized carbons (Fsp3) is 0.222. The first kappa shape index (κ1) is 19.6. The van der Waals surface area contributed by atoms with Gasteiger partial charge >= 0.3 is 5.97 Å². The van der Waals surface area contributed by atoms with E-state index in [9.17, 15) is 15.3 Å². The average Bonchev–Trinajstić information content (AvgIpc) is 2.64. The normalized spacial score (nSPS) is 10.0. The predicted octanol–water partition coefficient (Wildman–Crippen LogP) is 3.77. The first-order valence-corrected chi connectivity index (χ1v) is 9.06. The van der Waals surface area contributed by atoms with Crippen molar-refractivity contribution >= 4 is 35.1 Å². The molecule has 1 heterocycles. The van der Waals surface area contributed by atoms with E-state index < -0.39 is 5.97 Å². The van der Waals surface area contributed by atoms with Crippen molar-refractivity contribution in [3.05, 3.63) is 40.4 Å². The SMILES string of the molecule is CCCOC(=O)CSc1nc(N)c(C#N)c(-c2ccccc2Cl)c1C#N. The number of halogens is 1. The summed E-state index contributed by atoms with van der Waals surface area (Å²) in [6.07, 6.45) is 0.721. The third-order valence-electron chi connectivity index (χ3n) is 3.35. The Labute approximate surface area is 160 Å². The Bertz CT molecular complexity index is 919. The number of nitrogens with two attached hydrogens (primary N) is 1. The second kappa shape index (κ2) is 9.10. The molecule has 0 aliphatic rings. The Morgan fingerprint density at radius 3 is 2.62 bits per heavy atom. The molecule has 8 heteroatoms. The summed E-state index contributed by atoms with van der Waals surface area (Å²) < 4.78 is 5.02. The van der Waals surface area contributed by atoms with Crippen molar-refractivity contribution in [2.24, 2.45) is 0 Å². The number of esters is 1. The molecule has 2 rings (SSSR count). The van der Waals surface area contributed by atoms with Crippen LogP contribution in [0, 0.1) is 22.7 Å². The van der Waals surface area contributed by atoms with Gasteiger partial charge in [0.25, 0.3) is 0 Å². The molecule has 26 heavy (non-hydrogen) atoms. The Balaban J connectivity index is 2.53. The summed E-state index contributed by atoms with van der Waals surface area (Å²) in [7, 11) is 0. The quantitative estimate of drug-likeness (QED) is 0.593. The lowest BCUT2D eigenvalue weighted by Crippen LogP contribution is -2.09. The van der Waals surface area contributed by atoms with Crippen LogP contribution in [0.3, 0.4) is 0 Å². The summed E-state index contributed by atoms with van der Waals surface area (Å²) in [4.78, 5) is 15.9. The van der Waals surface area contributed by atoms with Crippen LogP contribution >= 0.6 is 23.4 Å². The second-order valence-electron chi connectivity index (χ2n) is 5.14. The predicted molar refractivity (Wildman–Crippen MR) is 100 cm³/mol. The van der Waals surface area contributed by atoms with Gasteiger partial charge in [0.15, 0.2) is 0 Å². The summed E-state index contributed by atoms with van der Waals surface area (Å²) in [6, 6.07) is 10.9. The van der Waals surface area contributed by atoms with Crippen molar-refractivity contribution in [1.82, 2.24) is 4.98 Å². The first-order chi connectivity index (χ1) is 12.5. The number of hydrogen-bond acceptors (Lipinski definition) is 7. The van der Waals surface area contributed by atoms with Crippen LogP contribution in [0.2, 0.25) is 5.02 Å². The van der Waals surface area contributed by atoms with E-state index in [1.807, 2.05) is 13.0 Å². The maximum atomic E-state index is 11.7. The minimum absolute atomic E-state index is 0.0189. The molecule has 0 saturated heterocycles. The average molecular weight is 387 g/mol. The van der Waals surface area contributed by atoms with Crippen molar-refractivity contribution in [2.45, 2.75) is 18.4 Å². The van der Waals surface area contributed by atoms with Crippen molar-refractivity contribution < 1.29 is 9.53 Å². The summed E-state index contributed by atoms with van der Waals surface area (Å²) in [5, 5.41) is 19.8. The summed E-state index contributed by atoms with van der Waals surface area (Å²) in [5.74, 6) is -0.453. The van der Waals surface area contributed by atoms with Gasteiger partial charge in [-0.15, -0.1) is 0 Å². The monoisotopic (exact) mass is 386 g/mol. The fourth-order valence-corrected chi connectivity index (χ4v) is 3.24. The van der Waals surface area contributed by atoms with E-state index in [1.54, 1.807) is 24.3 Å². The number of nitriles is 2. The number of carbonyl (C=O) groups is 1. The van der Waals surface area contributed by atoms with Crippen LogP contribution in [0.15, 0.2) is 29.3 Å². The van der Waals surface area contributed by atoms with E-state index in [2.05, 4.69) is 11.1 Å². The number of thioether (sulfide) groups is 1. The van der Waals surface area contributed by atoms with E-state index in [0.717, 1.165) is 18.2 Å². The van der Waals surface area contributed by atoms with E-state index in [-0.39, 0.29) is 27.7 Å². The standard InChI is InChI=1S/C18H15ClN4O2S/c1-2-7-25-15(24)10-26-18-13(9-21)16(12(8-20)17(22)23-18)11-5-3-4-6-14(11)19/h3-6H,2,7,10H2,1H3,(H2,22,23). The molecular weight excluding hydrogens is 372 g/mol. The highest BCUT2D eigenvalue weighted by Gasteiger charge is 2.22. The third kappa shape index (κ3) is 4.26. The smallest absolute Gasteiger partial charge is 0.316 e. The van der Waals surface area contributed by atoms with Crippen molar-refractivity contribution in [3.8, 4) is 23.3 Å². The van der Waals surface area contributed by atoms with Crippen LogP contribution < -0.4 is 5.73 Å². The zero-order chi connectivity index (χ0) is 19.1. The highest BCUT2D eigenvalue weighted by atomic mass is 35.5. The topological polar surface area (TPSA) is 113 Å². The molecule has 2 N–H and O–H groups in total. The molecular formula is C18H15ClN4O2S. The number of aromatic nitrogens is 1. The Morgan fingerprint density at radius 2 is 2.00 bits per heavy atom. The summed E-state index contributed by atoms with van der Waals surface area (Å²) in [5.41, 5.74) is 6.96. The van der Waals surface area contributed by atoms with Crippen LogP contribution in [0.1, 0.15) is 24.5 Å². The van der Waals surface area contributed by atoms with Crippen molar-refractivity contribution in [1.29, 1.82) is 10.5 Å². The number of carbonyl (C=O) groups excluding carboxylic acids is 1. The molecule has 0 saturated carbocycles. The van der Waals surface area contributed by atoms with Gasteiger partial charge in [-0.1, -0.05) is 48.5 Å². The highest BCUT2D eigenvalue weighted by Crippen LogP contribution is 2.38. The maximum absolute atomic E-state index is 11.7. The van der Waals surface area contributed by atoms with Gasteiger partial charge in [0, 0.05) is 16.1 Å². The fourth-order valence-electron chi connectivity index (χ4n) is 2.22. The van der Waals surface area contributed by atoms with Crippen LogP contribution in [0.4, 0.5) is 5.82 Å². The van der Waals surface area contributed by atoms with Gasteiger partial charge in [0.2, 0.25) is 0 Å². The van der Waals surface area contributed by atoms with Crippen LogP contribution in [-0.4, -0.2) is 23.3 Å².